The Bertz CT molecular complexity index is 329. The minimum atomic E-state index is -0.0440. The van der Waals surface area contributed by atoms with Crippen LogP contribution in [0.25, 0.3) is 0 Å². The fourth-order valence-corrected chi connectivity index (χ4v) is 3.46. The number of ether oxygens (including phenoxy) is 3. The lowest BCUT2D eigenvalue weighted by Gasteiger charge is -2.24. The molecule has 3 rings (SSSR count). The van der Waals surface area contributed by atoms with E-state index < -0.39 is 0 Å². The molecular weight excluding hydrogens is 246 g/mol. The first-order valence-corrected chi connectivity index (χ1v) is 7.36. The molecule has 2 heterocycles. The van der Waals surface area contributed by atoms with Gasteiger partial charge in [-0.3, -0.25) is 4.79 Å². The second-order valence-corrected chi connectivity index (χ2v) is 5.82. The van der Waals surface area contributed by atoms with E-state index in [0.29, 0.717) is 13.2 Å². The molecule has 5 heteroatoms. The summed E-state index contributed by atoms with van der Waals surface area (Å²) >= 11 is 0. The Morgan fingerprint density at radius 1 is 1.11 bits per heavy atom. The molecule has 1 amide bonds. The molecule has 108 valence electrons. The highest BCUT2D eigenvalue weighted by Crippen LogP contribution is 2.29. The Labute approximate surface area is 114 Å². The maximum absolute atomic E-state index is 12.2. The van der Waals surface area contributed by atoms with Crippen molar-refractivity contribution in [2.45, 2.75) is 56.5 Å². The summed E-state index contributed by atoms with van der Waals surface area (Å²) in [4.78, 5) is 12.2. The summed E-state index contributed by atoms with van der Waals surface area (Å²) in [5, 5.41) is 3.12. The third-order valence-corrected chi connectivity index (χ3v) is 4.61. The zero-order chi connectivity index (χ0) is 13.2. The van der Waals surface area contributed by atoms with E-state index in [9.17, 15) is 4.79 Å². The number of fused-ring (bicyclic) bond motifs is 1. The van der Waals surface area contributed by atoms with Gasteiger partial charge in [-0.05, 0) is 12.8 Å². The van der Waals surface area contributed by atoms with Crippen LogP contribution < -0.4 is 5.32 Å². The van der Waals surface area contributed by atoms with Crippen molar-refractivity contribution in [3.8, 4) is 0 Å². The minimum absolute atomic E-state index is 0.00147. The van der Waals surface area contributed by atoms with E-state index in [-0.39, 0.29) is 36.2 Å². The van der Waals surface area contributed by atoms with Crippen LogP contribution in [0.2, 0.25) is 0 Å². The van der Waals surface area contributed by atoms with Gasteiger partial charge in [0.25, 0.3) is 0 Å². The van der Waals surface area contributed by atoms with Crippen molar-refractivity contribution < 1.29 is 19.0 Å². The first kappa shape index (κ1) is 13.3. The van der Waals surface area contributed by atoms with Crippen LogP contribution in [0.4, 0.5) is 0 Å². The topological polar surface area (TPSA) is 56.8 Å². The summed E-state index contributed by atoms with van der Waals surface area (Å²) in [6.45, 7) is 1.09. The molecule has 0 aromatic carbocycles. The summed E-state index contributed by atoms with van der Waals surface area (Å²) in [6, 6.07) is -0.0143. The fraction of sp³-hybridized carbons (Fsp3) is 0.929. The van der Waals surface area contributed by atoms with Gasteiger partial charge in [0.2, 0.25) is 5.91 Å². The number of hydrogen-bond donors (Lipinski definition) is 1. The van der Waals surface area contributed by atoms with Crippen molar-refractivity contribution in [2.75, 3.05) is 20.3 Å². The van der Waals surface area contributed by atoms with Crippen LogP contribution in [0.15, 0.2) is 0 Å². The van der Waals surface area contributed by atoms with Gasteiger partial charge in [0.05, 0.1) is 19.3 Å². The molecule has 3 fully saturated rings. The number of amides is 1. The Kier molecular flexibility index (Phi) is 4.05. The number of hydrogen-bond acceptors (Lipinski definition) is 4. The van der Waals surface area contributed by atoms with E-state index in [1.807, 2.05) is 0 Å². The predicted molar refractivity (Wildman–Crippen MR) is 68.8 cm³/mol. The zero-order valence-corrected chi connectivity index (χ0v) is 11.5. The first-order chi connectivity index (χ1) is 9.29. The van der Waals surface area contributed by atoms with Crippen molar-refractivity contribution in [2.24, 2.45) is 5.92 Å². The number of rotatable bonds is 3. The van der Waals surface area contributed by atoms with Gasteiger partial charge < -0.3 is 19.5 Å². The summed E-state index contributed by atoms with van der Waals surface area (Å²) in [6.07, 6.45) is 5.59. The fourth-order valence-electron chi connectivity index (χ4n) is 3.46. The molecule has 0 radical (unpaired) electrons. The van der Waals surface area contributed by atoms with Gasteiger partial charge in [-0.2, -0.15) is 0 Å². The number of nitrogens with one attached hydrogen (secondary N) is 1. The molecule has 1 aliphatic carbocycles. The lowest BCUT2D eigenvalue weighted by Crippen LogP contribution is -2.46. The summed E-state index contributed by atoms with van der Waals surface area (Å²) in [7, 11) is 1.67. The Morgan fingerprint density at radius 2 is 1.84 bits per heavy atom. The molecule has 0 spiro atoms. The van der Waals surface area contributed by atoms with Crippen LogP contribution in [0, 0.1) is 5.92 Å². The molecule has 4 atom stereocenters. The number of carbonyl (C=O) groups excluding carboxylic acids is 1. The van der Waals surface area contributed by atoms with Gasteiger partial charge in [0.15, 0.2) is 0 Å². The summed E-state index contributed by atoms with van der Waals surface area (Å²) in [5.74, 6) is 0.367. The smallest absolute Gasteiger partial charge is 0.223 e. The molecule has 3 aliphatic rings. The van der Waals surface area contributed by atoms with Crippen LogP contribution in [0.1, 0.15) is 32.1 Å². The number of methoxy groups -OCH3 is 1. The SMILES string of the molecule is CO[C@@H]1CO[C@H]2[C@@H]1OC[C@@H]2NC(=O)C1CCCCC1. The minimum Gasteiger partial charge on any atom is -0.376 e. The highest BCUT2D eigenvalue weighted by Gasteiger charge is 2.48. The third kappa shape index (κ3) is 2.64. The van der Waals surface area contributed by atoms with Crippen molar-refractivity contribution in [1.29, 1.82) is 0 Å². The normalized spacial score (nSPS) is 39.2. The van der Waals surface area contributed by atoms with Crippen LogP contribution in [0.5, 0.6) is 0 Å². The van der Waals surface area contributed by atoms with Gasteiger partial charge in [0.1, 0.15) is 18.3 Å². The van der Waals surface area contributed by atoms with Crippen LogP contribution >= 0.6 is 0 Å². The van der Waals surface area contributed by atoms with Gasteiger partial charge >= 0.3 is 0 Å². The third-order valence-electron chi connectivity index (χ3n) is 4.61. The monoisotopic (exact) mass is 269 g/mol. The van der Waals surface area contributed by atoms with Crippen LogP contribution in [0.3, 0.4) is 0 Å². The largest absolute Gasteiger partial charge is 0.376 e. The predicted octanol–water partition coefficient (Wildman–Crippen LogP) is 0.864. The van der Waals surface area contributed by atoms with Gasteiger partial charge in [-0.15, -0.1) is 0 Å². The molecule has 2 aliphatic heterocycles. The van der Waals surface area contributed by atoms with Gasteiger partial charge in [-0.25, -0.2) is 0 Å². The molecule has 1 N–H and O–H groups in total. The molecule has 0 unspecified atom stereocenters. The lowest BCUT2D eigenvalue weighted by atomic mass is 9.88. The summed E-state index contributed by atoms with van der Waals surface area (Å²) in [5.41, 5.74) is 0. The highest BCUT2D eigenvalue weighted by atomic mass is 16.6. The molecule has 0 aromatic heterocycles. The second-order valence-electron chi connectivity index (χ2n) is 5.82. The quantitative estimate of drug-likeness (QED) is 0.826. The lowest BCUT2D eigenvalue weighted by molar-refractivity contribution is -0.127. The Morgan fingerprint density at radius 3 is 2.58 bits per heavy atom. The Hall–Kier alpha value is -0.650. The van der Waals surface area contributed by atoms with E-state index in [2.05, 4.69) is 5.32 Å². The van der Waals surface area contributed by atoms with E-state index in [1.54, 1.807) is 7.11 Å². The van der Waals surface area contributed by atoms with E-state index in [1.165, 1.54) is 19.3 Å². The average molecular weight is 269 g/mol. The first-order valence-electron chi connectivity index (χ1n) is 7.36. The molecule has 19 heavy (non-hydrogen) atoms. The zero-order valence-electron chi connectivity index (χ0n) is 11.5. The van der Waals surface area contributed by atoms with Crippen molar-refractivity contribution >= 4 is 5.91 Å². The average Bonchev–Trinajstić information content (AvgIpc) is 3.02. The summed E-state index contributed by atoms with van der Waals surface area (Å²) < 4.78 is 16.8. The van der Waals surface area contributed by atoms with E-state index in [4.69, 9.17) is 14.2 Å². The molecule has 2 saturated heterocycles. The standard InChI is InChI=1S/C14H23NO4/c1-17-11-8-19-12-10(7-18-13(11)12)15-14(16)9-5-3-2-4-6-9/h9-13H,2-8H2,1H3,(H,15,16)/t10-,11+,12+,13+/m0/s1. The second kappa shape index (κ2) is 5.77. The molecular formula is C14H23NO4. The van der Waals surface area contributed by atoms with Crippen molar-refractivity contribution in [1.82, 2.24) is 5.32 Å². The van der Waals surface area contributed by atoms with Gasteiger partial charge in [-0.1, -0.05) is 19.3 Å². The van der Waals surface area contributed by atoms with Gasteiger partial charge in [0, 0.05) is 13.0 Å². The maximum Gasteiger partial charge on any atom is 0.223 e. The molecule has 1 saturated carbocycles. The van der Waals surface area contributed by atoms with Crippen LogP contribution in [-0.2, 0) is 19.0 Å². The van der Waals surface area contributed by atoms with Crippen LogP contribution in [-0.4, -0.2) is 50.6 Å². The highest BCUT2D eigenvalue weighted by molar-refractivity contribution is 5.79. The van der Waals surface area contributed by atoms with Crippen molar-refractivity contribution in [3.05, 3.63) is 0 Å². The van der Waals surface area contributed by atoms with E-state index >= 15 is 0 Å². The Balaban J connectivity index is 1.54. The van der Waals surface area contributed by atoms with Crippen molar-refractivity contribution in [3.63, 3.8) is 0 Å². The maximum atomic E-state index is 12.2. The molecule has 5 nitrogen and oxygen atoms in total. The molecule has 0 bridgehead atoms. The number of carbonyl (C=O) groups is 1. The van der Waals surface area contributed by atoms with E-state index in [0.717, 1.165) is 12.8 Å². The molecule has 0 aromatic rings.